The van der Waals surface area contributed by atoms with Crippen molar-refractivity contribution in [3.63, 3.8) is 0 Å². The molecule has 0 fully saturated rings. The van der Waals surface area contributed by atoms with Crippen molar-refractivity contribution in [2.75, 3.05) is 13.2 Å². The van der Waals surface area contributed by atoms with Gasteiger partial charge in [-0.25, -0.2) is 0 Å². The number of nitrogens with zero attached hydrogens (tertiary/aromatic N) is 1. The number of Topliss-reactive ketones (excluding diaryl/α,β-unsaturated/α-hetero) is 1. The molecule has 0 bridgehead atoms. The van der Waals surface area contributed by atoms with Gasteiger partial charge in [0.05, 0.1) is 30.6 Å². The lowest BCUT2D eigenvalue weighted by atomic mass is 9.95. The number of amides is 1. The lowest BCUT2D eigenvalue weighted by Crippen LogP contribution is -2.34. The lowest BCUT2D eigenvalue weighted by Gasteiger charge is -2.27. The van der Waals surface area contributed by atoms with Crippen LogP contribution in [0.1, 0.15) is 36.0 Å². The molecule has 7 nitrogen and oxygen atoms in total. The molecule has 0 saturated heterocycles. The molecule has 0 saturated carbocycles. The van der Waals surface area contributed by atoms with Crippen LogP contribution < -0.4 is 4.74 Å². The zero-order chi connectivity index (χ0) is 23.4. The molecule has 1 amide bonds. The van der Waals surface area contributed by atoms with Crippen molar-refractivity contribution in [3.05, 3.63) is 95.6 Å². The number of aliphatic hydroxyl groups is 1. The van der Waals surface area contributed by atoms with Crippen LogP contribution in [0.15, 0.2) is 88.7 Å². The summed E-state index contributed by atoms with van der Waals surface area (Å²) < 4.78 is 16.8. The molecule has 0 aliphatic carbocycles. The van der Waals surface area contributed by atoms with E-state index in [4.69, 9.17) is 13.9 Å². The highest BCUT2D eigenvalue weighted by Crippen LogP contribution is 2.40. The Labute approximate surface area is 191 Å². The van der Waals surface area contributed by atoms with E-state index in [0.717, 1.165) is 0 Å². The third kappa shape index (κ3) is 4.83. The highest BCUT2D eigenvalue weighted by atomic mass is 16.5. The van der Waals surface area contributed by atoms with Crippen LogP contribution in [0.2, 0.25) is 0 Å². The predicted molar refractivity (Wildman–Crippen MR) is 121 cm³/mol. The standard InChI is InChI=1S/C26H25NO6/c1-17(2)31-15-13-27-23(22(25(29)26(27)30)24(28)21-12-7-14-32-21)18-8-6-11-20(16-18)33-19-9-4-3-5-10-19/h3-12,14,16-17,23,29H,13,15H2,1-2H3. The second-order valence-electron chi connectivity index (χ2n) is 7.88. The lowest BCUT2D eigenvalue weighted by molar-refractivity contribution is -0.130. The van der Waals surface area contributed by atoms with Gasteiger partial charge in [-0.15, -0.1) is 0 Å². The van der Waals surface area contributed by atoms with E-state index in [-0.39, 0.29) is 30.6 Å². The minimum Gasteiger partial charge on any atom is -0.503 e. The van der Waals surface area contributed by atoms with Gasteiger partial charge in [0.25, 0.3) is 5.91 Å². The fraction of sp³-hybridized carbons (Fsp3) is 0.231. The first-order valence-corrected chi connectivity index (χ1v) is 10.7. The average Bonchev–Trinajstić information content (AvgIpc) is 3.43. The first-order valence-electron chi connectivity index (χ1n) is 10.7. The van der Waals surface area contributed by atoms with Gasteiger partial charge >= 0.3 is 0 Å². The van der Waals surface area contributed by atoms with Gasteiger partial charge in [0.1, 0.15) is 11.5 Å². The number of benzene rings is 2. The van der Waals surface area contributed by atoms with Gasteiger partial charge in [-0.2, -0.15) is 0 Å². The second kappa shape index (κ2) is 9.75. The SMILES string of the molecule is CC(C)OCCN1C(=O)C(O)=C(C(=O)c2ccco2)C1c1cccc(Oc2ccccc2)c1. The summed E-state index contributed by atoms with van der Waals surface area (Å²) in [4.78, 5) is 27.6. The summed E-state index contributed by atoms with van der Waals surface area (Å²) in [6.45, 7) is 4.25. The third-order valence-corrected chi connectivity index (χ3v) is 5.23. The van der Waals surface area contributed by atoms with Crippen LogP contribution in [0.3, 0.4) is 0 Å². The van der Waals surface area contributed by atoms with Crippen LogP contribution in [-0.2, 0) is 9.53 Å². The van der Waals surface area contributed by atoms with Crippen molar-refractivity contribution >= 4 is 11.7 Å². The largest absolute Gasteiger partial charge is 0.503 e. The maximum Gasteiger partial charge on any atom is 0.290 e. The van der Waals surface area contributed by atoms with Crippen molar-refractivity contribution in [1.29, 1.82) is 0 Å². The van der Waals surface area contributed by atoms with E-state index in [9.17, 15) is 14.7 Å². The van der Waals surface area contributed by atoms with Gasteiger partial charge in [0, 0.05) is 6.54 Å². The number of carbonyl (C=O) groups is 2. The van der Waals surface area contributed by atoms with E-state index in [2.05, 4.69) is 0 Å². The Morgan fingerprint density at radius 2 is 1.82 bits per heavy atom. The van der Waals surface area contributed by atoms with Gasteiger partial charge in [-0.3, -0.25) is 9.59 Å². The zero-order valence-corrected chi connectivity index (χ0v) is 18.4. The molecule has 170 valence electrons. The fourth-order valence-electron chi connectivity index (χ4n) is 3.76. The van der Waals surface area contributed by atoms with Crippen LogP contribution in [0.25, 0.3) is 0 Å². The van der Waals surface area contributed by atoms with Crippen LogP contribution in [0.4, 0.5) is 0 Å². The number of furan rings is 1. The molecule has 1 unspecified atom stereocenters. The van der Waals surface area contributed by atoms with Crippen molar-refractivity contribution in [2.45, 2.75) is 26.0 Å². The monoisotopic (exact) mass is 447 g/mol. The Kier molecular flexibility index (Phi) is 6.60. The van der Waals surface area contributed by atoms with E-state index in [0.29, 0.717) is 17.1 Å². The molecule has 0 spiro atoms. The molecule has 0 radical (unpaired) electrons. The summed E-state index contributed by atoms with van der Waals surface area (Å²) in [7, 11) is 0. The van der Waals surface area contributed by atoms with Gasteiger partial charge in [-0.1, -0.05) is 30.3 Å². The van der Waals surface area contributed by atoms with Crippen molar-refractivity contribution in [1.82, 2.24) is 4.90 Å². The molecule has 7 heteroatoms. The molecule has 1 aliphatic rings. The van der Waals surface area contributed by atoms with Crippen molar-refractivity contribution in [2.24, 2.45) is 0 Å². The highest BCUT2D eigenvalue weighted by molar-refractivity contribution is 6.15. The molecular weight excluding hydrogens is 422 g/mol. The van der Waals surface area contributed by atoms with Gasteiger partial charge in [0.2, 0.25) is 5.78 Å². The van der Waals surface area contributed by atoms with Crippen LogP contribution in [0.5, 0.6) is 11.5 Å². The minimum atomic E-state index is -0.815. The van der Waals surface area contributed by atoms with Gasteiger partial charge in [0.15, 0.2) is 11.5 Å². The Morgan fingerprint density at radius 1 is 1.06 bits per heavy atom. The van der Waals surface area contributed by atoms with E-state index in [1.54, 1.807) is 30.3 Å². The summed E-state index contributed by atoms with van der Waals surface area (Å²) in [5.74, 6) is -0.508. The van der Waals surface area contributed by atoms with E-state index in [1.807, 2.05) is 44.2 Å². The average molecular weight is 447 g/mol. The Morgan fingerprint density at radius 3 is 2.52 bits per heavy atom. The summed E-state index contributed by atoms with van der Waals surface area (Å²) >= 11 is 0. The Bertz CT molecular complexity index is 1150. The molecule has 33 heavy (non-hydrogen) atoms. The summed E-state index contributed by atoms with van der Waals surface area (Å²) in [6.07, 6.45) is 1.36. The summed E-state index contributed by atoms with van der Waals surface area (Å²) in [6, 6.07) is 18.7. The highest BCUT2D eigenvalue weighted by Gasteiger charge is 2.44. The van der Waals surface area contributed by atoms with Crippen LogP contribution >= 0.6 is 0 Å². The Balaban J connectivity index is 1.70. The third-order valence-electron chi connectivity index (χ3n) is 5.23. The fourth-order valence-corrected chi connectivity index (χ4v) is 3.76. The molecule has 2 heterocycles. The maximum absolute atomic E-state index is 13.2. The molecule has 3 aromatic rings. The zero-order valence-electron chi connectivity index (χ0n) is 18.4. The molecule has 1 atom stereocenters. The number of para-hydroxylation sites is 1. The van der Waals surface area contributed by atoms with E-state index < -0.39 is 23.5 Å². The molecule has 1 aromatic heterocycles. The normalized spacial score (nSPS) is 16.0. The predicted octanol–water partition coefficient (Wildman–Crippen LogP) is 5.08. The van der Waals surface area contributed by atoms with Crippen LogP contribution in [-0.4, -0.2) is 41.0 Å². The number of carbonyl (C=O) groups excluding carboxylic acids is 2. The Hall–Kier alpha value is -3.84. The maximum atomic E-state index is 13.2. The number of rotatable bonds is 9. The molecule has 1 N–H and O–H groups in total. The van der Waals surface area contributed by atoms with Gasteiger partial charge in [-0.05, 0) is 55.8 Å². The second-order valence-corrected chi connectivity index (χ2v) is 7.88. The molecule has 4 rings (SSSR count). The number of hydrogen-bond donors (Lipinski definition) is 1. The van der Waals surface area contributed by atoms with E-state index >= 15 is 0 Å². The number of ketones is 1. The number of hydrogen-bond acceptors (Lipinski definition) is 6. The first-order chi connectivity index (χ1) is 16.0. The summed E-state index contributed by atoms with van der Waals surface area (Å²) in [5, 5.41) is 10.7. The first kappa shape index (κ1) is 22.4. The van der Waals surface area contributed by atoms with Crippen molar-refractivity contribution < 1.29 is 28.6 Å². The molecule has 2 aromatic carbocycles. The quantitative estimate of drug-likeness (QED) is 0.461. The van der Waals surface area contributed by atoms with E-state index in [1.165, 1.54) is 17.2 Å². The topological polar surface area (TPSA) is 89.2 Å². The number of ether oxygens (including phenoxy) is 2. The molecule has 1 aliphatic heterocycles. The minimum absolute atomic E-state index is 0.0190. The summed E-state index contributed by atoms with van der Waals surface area (Å²) in [5.41, 5.74) is 0.594. The number of aliphatic hydroxyl groups excluding tert-OH is 1. The molecular formula is C26H25NO6. The van der Waals surface area contributed by atoms with Gasteiger partial charge < -0.3 is 23.9 Å². The van der Waals surface area contributed by atoms with Crippen LogP contribution in [0, 0.1) is 0 Å². The smallest absolute Gasteiger partial charge is 0.290 e. The van der Waals surface area contributed by atoms with Crippen molar-refractivity contribution in [3.8, 4) is 11.5 Å².